The van der Waals surface area contributed by atoms with Gasteiger partial charge >= 0.3 is 0 Å². The van der Waals surface area contributed by atoms with E-state index in [1.807, 2.05) is 0 Å². The molecule has 1 unspecified atom stereocenters. The highest BCUT2D eigenvalue weighted by molar-refractivity contribution is 5.94. The van der Waals surface area contributed by atoms with E-state index in [1.165, 1.54) is 19.6 Å². The van der Waals surface area contributed by atoms with Gasteiger partial charge in [-0.15, -0.1) is 0 Å². The molecule has 1 atom stereocenters. The molecular formula is C19H22FN3O3. The number of benzene rings is 1. The lowest BCUT2D eigenvalue weighted by Crippen LogP contribution is -2.28. The van der Waals surface area contributed by atoms with Crippen LogP contribution in [0.5, 0.6) is 5.75 Å². The molecule has 1 amide bonds. The third-order valence-electron chi connectivity index (χ3n) is 5.48. The number of aromatic amines is 1. The lowest BCUT2D eigenvalue weighted by atomic mass is 9.86. The highest BCUT2D eigenvalue weighted by Gasteiger charge is 2.37. The van der Waals surface area contributed by atoms with Crippen molar-refractivity contribution in [1.29, 1.82) is 0 Å². The molecule has 2 N–H and O–H groups in total. The van der Waals surface area contributed by atoms with Gasteiger partial charge in [-0.25, -0.2) is 4.39 Å². The quantitative estimate of drug-likeness (QED) is 0.883. The number of hydrogen-bond donors (Lipinski definition) is 2. The summed E-state index contributed by atoms with van der Waals surface area (Å²) in [7, 11) is 1.46. The largest absolute Gasteiger partial charge is 0.496 e. The first-order chi connectivity index (χ1) is 12.6. The number of nitrogens with zero attached hydrogens (tertiary/aromatic N) is 1. The fraction of sp³-hybridized carbons (Fsp3) is 0.474. The number of fused-ring (bicyclic) bond motifs is 1. The minimum Gasteiger partial charge on any atom is -0.496 e. The van der Waals surface area contributed by atoms with Crippen LogP contribution in [0.25, 0.3) is 0 Å². The van der Waals surface area contributed by atoms with Crippen molar-refractivity contribution in [2.24, 2.45) is 0 Å². The summed E-state index contributed by atoms with van der Waals surface area (Å²) in [5.41, 5.74) is 0.400. The summed E-state index contributed by atoms with van der Waals surface area (Å²) in [5, 5.41) is 5.72. The second kappa shape index (κ2) is 6.63. The Labute approximate surface area is 150 Å². The molecule has 4 rings (SSSR count). The molecule has 2 aromatic rings. The molecule has 0 spiro atoms. The van der Waals surface area contributed by atoms with Gasteiger partial charge in [0.25, 0.3) is 5.56 Å². The van der Waals surface area contributed by atoms with Crippen molar-refractivity contribution in [1.82, 2.24) is 9.78 Å². The molecule has 0 bridgehead atoms. The van der Waals surface area contributed by atoms with Crippen LogP contribution in [0, 0.1) is 5.82 Å². The number of amides is 1. The van der Waals surface area contributed by atoms with Crippen LogP contribution in [0.1, 0.15) is 61.6 Å². The number of carbonyl (C=O) groups excluding carboxylic acids is 1. The van der Waals surface area contributed by atoms with E-state index >= 15 is 0 Å². The van der Waals surface area contributed by atoms with E-state index in [0.29, 0.717) is 17.1 Å². The number of hydrogen-bond acceptors (Lipinski definition) is 3. The summed E-state index contributed by atoms with van der Waals surface area (Å²) in [5.74, 6) is -0.534. The van der Waals surface area contributed by atoms with Crippen molar-refractivity contribution in [3.05, 3.63) is 45.5 Å². The lowest BCUT2D eigenvalue weighted by Gasteiger charge is -2.28. The highest BCUT2D eigenvalue weighted by Crippen LogP contribution is 2.42. The number of aromatic nitrogens is 2. The summed E-state index contributed by atoms with van der Waals surface area (Å²) in [4.78, 5) is 25.1. The van der Waals surface area contributed by atoms with E-state index in [9.17, 15) is 14.0 Å². The molecule has 2 aliphatic rings. The van der Waals surface area contributed by atoms with Gasteiger partial charge < -0.3 is 10.1 Å². The zero-order valence-electron chi connectivity index (χ0n) is 14.7. The van der Waals surface area contributed by atoms with Crippen LogP contribution in [0.15, 0.2) is 23.0 Å². The molecule has 7 heteroatoms. The van der Waals surface area contributed by atoms with Gasteiger partial charge in [-0.1, -0.05) is 25.3 Å². The van der Waals surface area contributed by atoms with Crippen molar-refractivity contribution in [2.45, 2.75) is 50.5 Å². The Bertz CT molecular complexity index is 896. The lowest BCUT2D eigenvalue weighted by molar-refractivity contribution is -0.116. The minimum atomic E-state index is -0.663. The van der Waals surface area contributed by atoms with Gasteiger partial charge in [0, 0.05) is 17.9 Å². The molecule has 1 aliphatic carbocycles. The Kier molecular flexibility index (Phi) is 4.30. The first-order valence-electron chi connectivity index (χ1n) is 9.06. The monoisotopic (exact) mass is 359 g/mol. The maximum absolute atomic E-state index is 14.6. The van der Waals surface area contributed by atoms with Crippen molar-refractivity contribution in [3.8, 4) is 5.75 Å². The maximum Gasteiger partial charge on any atom is 0.270 e. The van der Waals surface area contributed by atoms with E-state index in [-0.39, 0.29) is 29.5 Å². The Balaban J connectivity index is 1.86. The minimum absolute atomic E-state index is 0.0159. The SMILES string of the molecule is COc1cccc(F)c1C1CC(=O)Nc2c1c(=O)[nH]n2C1CCCCC1. The number of carbonyl (C=O) groups is 1. The van der Waals surface area contributed by atoms with E-state index in [0.717, 1.165) is 25.7 Å². The normalized spacial score (nSPS) is 20.5. The summed E-state index contributed by atoms with van der Waals surface area (Å²) in [6.07, 6.45) is 5.31. The fourth-order valence-electron chi connectivity index (χ4n) is 4.28. The molecule has 138 valence electrons. The zero-order chi connectivity index (χ0) is 18.3. The summed E-state index contributed by atoms with van der Waals surface area (Å²) < 4.78 is 21.7. The molecule has 0 radical (unpaired) electrons. The average Bonchev–Trinajstić information content (AvgIpc) is 2.98. The number of halogens is 1. The molecule has 6 nitrogen and oxygen atoms in total. The molecular weight excluding hydrogens is 337 g/mol. The molecule has 1 fully saturated rings. The van der Waals surface area contributed by atoms with Crippen LogP contribution in [0.3, 0.4) is 0 Å². The van der Waals surface area contributed by atoms with Gasteiger partial charge in [0.15, 0.2) is 0 Å². The van der Waals surface area contributed by atoms with Gasteiger partial charge in [-0.05, 0) is 25.0 Å². The number of anilines is 1. The third-order valence-corrected chi connectivity index (χ3v) is 5.48. The highest BCUT2D eigenvalue weighted by atomic mass is 19.1. The number of rotatable bonds is 3. The predicted molar refractivity (Wildman–Crippen MR) is 95.2 cm³/mol. The number of H-pyrrole nitrogens is 1. The Hall–Kier alpha value is -2.57. The second-order valence-electron chi connectivity index (χ2n) is 7.03. The molecule has 1 aromatic heterocycles. The van der Waals surface area contributed by atoms with Gasteiger partial charge in [0.2, 0.25) is 5.91 Å². The second-order valence-corrected chi connectivity index (χ2v) is 7.03. The van der Waals surface area contributed by atoms with Crippen molar-refractivity contribution >= 4 is 11.7 Å². The van der Waals surface area contributed by atoms with Gasteiger partial charge in [-0.3, -0.25) is 19.4 Å². The number of ether oxygens (including phenoxy) is 1. The predicted octanol–water partition coefficient (Wildman–Crippen LogP) is 3.30. The van der Waals surface area contributed by atoms with Crippen LogP contribution in [0.2, 0.25) is 0 Å². The zero-order valence-corrected chi connectivity index (χ0v) is 14.7. The average molecular weight is 359 g/mol. The summed E-state index contributed by atoms with van der Waals surface area (Å²) in [6.45, 7) is 0. The van der Waals surface area contributed by atoms with Crippen molar-refractivity contribution < 1.29 is 13.9 Å². The topological polar surface area (TPSA) is 76.1 Å². The Morgan fingerprint density at radius 2 is 1.92 bits per heavy atom. The molecule has 1 aliphatic heterocycles. The van der Waals surface area contributed by atoms with Crippen molar-refractivity contribution in [2.75, 3.05) is 12.4 Å². The van der Waals surface area contributed by atoms with E-state index in [1.54, 1.807) is 16.8 Å². The van der Waals surface area contributed by atoms with E-state index in [2.05, 4.69) is 10.4 Å². The molecule has 1 aromatic carbocycles. The van der Waals surface area contributed by atoms with Crippen LogP contribution in [-0.4, -0.2) is 22.8 Å². The van der Waals surface area contributed by atoms with Crippen LogP contribution in [0.4, 0.5) is 10.2 Å². The molecule has 2 heterocycles. The van der Waals surface area contributed by atoms with Crippen LogP contribution < -0.4 is 15.6 Å². The number of methoxy groups -OCH3 is 1. The fourth-order valence-corrected chi connectivity index (χ4v) is 4.28. The van der Waals surface area contributed by atoms with Gasteiger partial charge in [0.1, 0.15) is 17.4 Å². The smallest absolute Gasteiger partial charge is 0.270 e. The van der Waals surface area contributed by atoms with E-state index in [4.69, 9.17) is 4.74 Å². The Morgan fingerprint density at radius 1 is 1.15 bits per heavy atom. The van der Waals surface area contributed by atoms with Gasteiger partial charge in [0.05, 0.1) is 18.7 Å². The third kappa shape index (κ3) is 2.71. The maximum atomic E-state index is 14.6. The number of nitrogens with one attached hydrogen (secondary N) is 2. The standard InChI is InChI=1S/C19H22FN3O3/c1-26-14-9-5-8-13(20)16(14)12-10-15(24)21-18-17(12)19(25)22-23(18)11-6-3-2-4-7-11/h5,8-9,11-12H,2-4,6-7,10H2,1H3,(H,21,24)(H,22,25). The van der Waals surface area contributed by atoms with Crippen molar-refractivity contribution in [3.63, 3.8) is 0 Å². The molecule has 0 saturated heterocycles. The Morgan fingerprint density at radius 3 is 2.65 bits per heavy atom. The molecule has 1 saturated carbocycles. The molecule has 26 heavy (non-hydrogen) atoms. The van der Waals surface area contributed by atoms with Crippen LogP contribution in [-0.2, 0) is 4.79 Å². The summed E-state index contributed by atoms with van der Waals surface area (Å²) in [6, 6.07) is 4.69. The van der Waals surface area contributed by atoms with Crippen LogP contribution >= 0.6 is 0 Å². The first-order valence-corrected chi connectivity index (χ1v) is 9.06. The summed E-state index contributed by atoms with van der Waals surface area (Å²) >= 11 is 0. The van der Waals surface area contributed by atoms with Gasteiger partial charge in [-0.2, -0.15) is 0 Å². The first kappa shape index (κ1) is 16.9. The van der Waals surface area contributed by atoms with E-state index < -0.39 is 11.7 Å².